The van der Waals surface area contributed by atoms with Gasteiger partial charge >= 0.3 is 0 Å². The number of benzene rings is 1. The van der Waals surface area contributed by atoms with Crippen molar-refractivity contribution in [2.24, 2.45) is 11.8 Å². The van der Waals surface area contributed by atoms with Crippen LogP contribution in [0.5, 0.6) is 0 Å². The Morgan fingerprint density at radius 3 is 2.94 bits per heavy atom. The van der Waals surface area contributed by atoms with E-state index in [4.69, 9.17) is 0 Å². The molecule has 0 heterocycles. The molecule has 0 aromatic heterocycles. The van der Waals surface area contributed by atoms with Crippen LogP contribution in [0, 0.1) is 17.7 Å². The lowest BCUT2D eigenvalue weighted by Gasteiger charge is -2.27. The van der Waals surface area contributed by atoms with Crippen molar-refractivity contribution in [1.29, 1.82) is 0 Å². The second kappa shape index (κ2) is 5.85. The minimum absolute atomic E-state index is 0.202. The summed E-state index contributed by atoms with van der Waals surface area (Å²) < 4.78 is 13.8. The molecule has 2 unspecified atom stereocenters. The lowest BCUT2D eigenvalue weighted by atomic mass is 9.82. The first-order valence-electron chi connectivity index (χ1n) is 6.34. The summed E-state index contributed by atoms with van der Waals surface area (Å²) in [4.78, 5) is 0. The standard InChI is InChI=1S/C14H19BrFN/c1-10-3-2-4-11(7-10)9-17-12-5-6-13(15)14(16)8-12/h5-6,8,10-11,17H,2-4,7,9H2,1H3. The van der Waals surface area contributed by atoms with E-state index in [1.165, 1.54) is 25.7 Å². The number of hydrogen-bond donors (Lipinski definition) is 1. The van der Waals surface area contributed by atoms with E-state index in [0.717, 1.165) is 24.1 Å². The molecule has 1 nitrogen and oxygen atoms in total. The van der Waals surface area contributed by atoms with Gasteiger partial charge in [0.05, 0.1) is 4.47 Å². The molecule has 17 heavy (non-hydrogen) atoms. The maximum absolute atomic E-state index is 13.3. The zero-order valence-corrected chi connectivity index (χ0v) is 11.8. The van der Waals surface area contributed by atoms with Gasteiger partial charge in [0.1, 0.15) is 5.82 Å². The van der Waals surface area contributed by atoms with Crippen LogP contribution in [0.1, 0.15) is 32.6 Å². The maximum Gasteiger partial charge on any atom is 0.139 e. The van der Waals surface area contributed by atoms with Crippen LogP contribution in [0.4, 0.5) is 10.1 Å². The van der Waals surface area contributed by atoms with E-state index in [2.05, 4.69) is 28.2 Å². The van der Waals surface area contributed by atoms with Crippen molar-refractivity contribution in [1.82, 2.24) is 0 Å². The summed E-state index contributed by atoms with van der Waals surface area (Å²) in [7, 11) is 0. The highest BCUT2D eigenvalue weighted by atomic mass is 79.9. The van der Waals surface area contributed by atoms with E-state index in [-0.39, 0.29) is 5.82 Å². The van der Waals surface area contributed by atoms with Crippen LogP contribution in [-0.2, 0) is 0 Å². The Hall–Kier alpha value is -0.570. The summed E-state index contributed by atoms with van der Waals surface area (Å²) in [5, 5.41) is 3.34. The number of anilines is 1. The quantitative estimate of drug-likeness (QED) is 0.843. The zero-order valence-electron chi connectivity index (χ0n) is 10.2. The minimum Gasteiger partial charge on any atom is -0.385 e. The molecule has 1 aromatic rings. The second-order valence-corrected chi connectivity index (χ2v) is 6.00. The molecular weight excluding hydrogens is 281 g/mol. The monoisotopic (exact) mass is 299 g/mol. The van der Waals surface area contributed by atoms with E-state index in [9.17, 15) is 4.39 Å². The van der Waals surface area contributed by atoms with Crippen LogP contribution in [-0.4, -0.2) is 6.54 Å². The first-order chi connectivity index (χ1) is 8.15. The Labute approximate surface area is 111 Å². The predicted molar refractivity (Wildman–Crippen MR) is 73.7 cm³/mol. The molecular formula is C14H19BrFN. The molecule has 1 aliphatic carbocycles. The summed E-state index contributed by atoms with van der Waals surface area (Å²) >= 11 is 3.16. The number of halogens is 2. The summed E-state index contributed by atoms with van der Waals surface area (Å²) in [6, 6.07) is 5.22. The number of rotatable bonds is 3. The van der Waals surface area contributed by atoms with Gasteiger partial charge in [0.15, 0.2) is 0 Å². The van der Waals surface area contributed by atoms with Gasteiger partial charge in [0, 0.05) is 12.2 Å². The van der Waals surface area contributed by atoms with Gasteiger partial charge in [-0.25, -0.2) is 4.39 Å². The highest BCUT2D eigenvalue weighted by Crippen LogP contribution is 2.29. The molecule has 0 amide bonds. The second-order valence-electron chi connectivity index (χ2n) is 5.15. The van der Waals surface area contributed by atoms with Gasteiger partial charge in [-0.3, -0.25) is 0 Å². The van der Waals surface area contributed by atoms with Gasteiger partial charge in [-0.15, -0.1) is 0 Å². The van der Waals surface area contributed by atoms with Crippen LogP contribution in [0.2, 0.25) is 0 Å². The van der Waals surface area contributed by atoms with Crippen molar-refractivity contribution in [2.75, 3.05) is 11.9 Å². The first kappa shape index (κ1) is 12.9. The molecule has 1 aromatic carbocycles. The van der Waals surface area contributed by atoms with E-state index in [0.29, 0.717) is 4.47 Å². The van der Waals surface area contributed by atoms with Crippen LogP contribution in [0.25, 0.3) is 0 Å². The summed E-state index contributed by atoms with van der Waals surface area (Å²) in [6.07, 6.45) is 5.30. The fourth-order valence-electron chi connectivity index (χ4n) is 2.61. The lowest BCUT2D eigenvalue weighted by Crippen LogP contribution is -2.21. The zero-order chi connectivity index (χ0) is 12.3. The fourth-order valence-corrected chi connectivity index (χ4v) is 2.86. The smallest absolute Gasteiger partial charge is 0.139 e. The van der Waals surface area contributed by atoms with Crippen molar-refractivity contribution in [3.05, 3.63) is 28.5 Å². The largest absolute Gasteiger partial charge is 0.385 e. The Balaban J connectivity index is 1.86. The average molecular weight is 300 g/mol. The van der Waals surface area contributed by atoms with E-state index in [1.807, 2.05) is 6.07 Å². The molecule has 0 bridgehead atoms. The van der Waals surface area contributed by atoms with Crippen molar-refractivity contribution in [3.63, 3.8) is 0 Å². The van der Waals surface area contributed by atoms with Gasteiger partial charge in [-0.05, 0) is 58.8 Å². The van der Waals surface area contributed by atoms with Gasteiger partial charge in [0.2, 0.25) is 0 Å². The SMILES string of the molecule is CC1CCCC(CNc2ccc(Br)c(F)c2)C1. The fraction of sp³-hybridized carbons (Fsp3) is 0.571. The maximum atomic E-state index is 13.3. The van der Waals surface area contributed by atoms with Crippen LogP contribution in [0.15, 0.2) is 22.7 Å². The van der Waals surface area contributed by atoms with Gasteiger partial charge in [-0.1, -0.05) is 19.8 Å². The predicted octanol–water partition coefficient (Wildman–Crippen LogP) is 4.83. The molecule has 3 heteroatoms. The third-order valence-corrected chi connectivity index (χ3v) is 4.20. The Morgan fingerprint density at radius 2 is 2.24 bits per heavy atom. The van der Waals surface area contributed by atoms with Crippen LogP contribution < -0.4 is 5.32 Å². The molecule has 2 rings (SSSR count). The molecule has 0 aliphatic heterocycles. The minimum atomic E-state index is -0.202. The highest BCUT2D eigenvalue weighted by Gasteiger charge is 2.18. The summed E-state index contributed by atoms with van der Waals surface area (Å²) in [5.41, 5.74) is 0.879. The normalized spacial score (nSPS) is 24.6. The van der Waals surface area contributed by atoms with Gasteiger partial charge in [-0.2, -0.15) is 0 Å². The Kier molecular flexibility index (Phi) is 4.43. The number of hydrogen-bond acceptors (Lipinski definition) is 1. The van der Waals surface area contributed by atoms with E-state index >= 15 is 0 Å². The summed E-state index contributed by atoms with van der Waals surface area (Å²) in [5.74, 6) is 1.38. The van der Waals surface area contributed by atoms with E-state index < -0.39 is 0 Å². The molecule has 0 radical (unpaired) electrons. The topological polar surface area (TPSA) is 12.0 Å². The average Bonchev–Trinajstić information content (AvgIpc) is 2.31. The Bertz CT molecular complexity index is 380. The van der Waals surface area contributed by atoms with Crippen LogP contribution in [0.3, 0.4) is 0 Å². The third kappa shape index (κ3) is 3.70. The molecule has 1 N–H and O–H groups in total. The van der Waals surface area contributed by atoms with Crippen molar-refractivity contribution in [2.45, 2.75) is 32.6 Å². The lowest BCUT2D eigenvalue weighted by molar-refractivity contribution is 0.293. The van der Waals surface area contributed by atoms with Crippen molar-refractivity contribution >= 4 is 21.6 Å². The molecule has 0 spiro atoms. The van der Waals surface area contributed by atoms with Gasteiger partial charge < -0.3 is 5.32 Å². The molecule has 0 saturated heterocycles. The third-order valence-electron chi connectivity index (χ3n) is 3.56. The van der Waals surface area contributed by atoms with Crippen molar-refractivity contribution < 1.29 is 4.39 Å². The molecule has 1 saturated carbocycles. The van der Waals surface area contributed by atoms with Crippen molar-refractivity contribution in [3.8, 4) is 0 Å². The highest BCUT2D eigenvalue weighted by molar-refractivity contribution is 9.10. The first-order valence-corrected chi connectivity index (χ1v) is 7.13. The molecule has 2 atom stereocenters. The number of nitrogens with one attached hydrogen (secondary N) is 1. The van der Waals surface area contributed by atoms with Gasteiger partial charge in [0.25, 0.3) is 0 Å². The summed E-state index contributed by atoms with van der Waals surface area (Å²) in [6.45, 7) is 3.29. The van der Waals surface area contributed by atoms with Crippen LogP contribution >= 0.6 is 15.9 Å². The molecule has 1 fully saturated rings. The molecule has 94 valence electrons. The van der Waals surface area contributed by atoms with E-state index in [1.54, 1.807) is 12.1 Å². The molecule has 1 aliphatic rings. The Morgan fingerprint density at radius 1 is 1.41 bits per heavy atom.